The van der Waals surface area contributed by atoms with Crippen molar-refractivity contribution in [3.8, 4) is 0 Å². The number of aryl methyl sites for hydroxylation is 1. The van der Waals surface area contributed by atoms with E-state index in [0.29, 0.717) is 6.54 Å². The maximum atomic E-state index is 5.67. The zero-order valence-corrected chi connectivity index (χ0v) is 10.7. The fraction of sp³-hybridized carbons (Fsp3) is 0.538. The molecule has 0 bridgehead atoms. The van der Waals surface area contributed by atoms with E-state index in [1.165, 1.54) is 28.2 Å². The van der Waals surface area contributed by atoms with Crippen LogP contribution in [0.2, 0.25) is 0 Å². The standard InChI is InChI=1S/C13H20N2S/c1-3-6-15(12-4-5-12)9-11-7-13(8-14)16-10(11)2/h3,7,12H,1,4-6,8-9,14H2,2H3. The van der Waals surface area contributed by atoms with Gasteiger partial charge in [-0.15, -0.1) is 17.9 Å². The molecular weight excluding hydrogens is 216 g/mol. The van der Waals surface area contributed by atoms with E-state index in [4.69, 9.17) is 5.73 Å². The molecule has 2 nitrogen and oxygen atoms in total. The Hall–Kier alpha value is -0.640. The minimum Gasteiger partial charge on any atom is -0.326 e. The maximum Gasteiger partial charge on any atom is 0.0274 e. The topological polar surface area (TPSA) is 29.3 Å². The van der Waals surface area contributed by atoms with Crippen LogP contribution in [0.4, 0.5) is 0 Å². The molecule has 1 aromatic heterocycles. The highest BCUT2D eigenvalue weighted by Crippen LogP contribution is 2.30. The van der Waals surface area contributed by atoms with Crippen molar-refractivity contribution < 1.29 is 0 Å². The third-order valence-corrected chi connectivity index (χ3v) is 4.19. The Kier molecular flexibility index (Phi) is 3.79. The summed E-state index contributed by atoms with van der Waals surface area (Å²) in [5.41, 5.74) is 7.12. The first-order chi connectivity index (χ1) is 7.74. The van der Waals surface area contributed by atoms with Gasteiger partial charge in [0.05, 0.1) is 0 Å². The van der Waals surface area contributed by atoms with E-state index in [0.717, 1.165) is 19.1 Å². The summed E-state index contributed by atoms with van der Waals surface area (Å²) in [7, 11) is 0. The zero-order chi connectivity index (χ0) is 11.5. The molecule has 0 saturated heterocycles. The number of nitrogens with two attached hydrogens (primary N) is 1. The van der Waals surface area contributed by atoms with Crippen LogP contribution < -0.4 is 5.73 Å². The molecule has 16 heavy (non-hydrogen) atoms. The van der Waals surface area contributed by atoms with E-state index in [1.807, 2.05) is 17.4 Å². The lowest BCUT2D eigenvalue weighted by Gasteiger charge is -2.19. The van der Waals surface area contributed by atoms with E-state index < -0.39 is 0 Å². The summed E-state index contributed by atoms with van der Waals surface area (Å²) in [4.78, 5) is 5.22. The number of hydrogen-bond donors (Lipinski definition) is 1. The lowest BCUT2D eigenvalue weighted by atomic mass is 10.2. The molecule has 1 aromatic rings. The van der Waals surface area contributed by atoms with E-state index >= 15 is 0 Å². The lowest BCUT2D eigenvalue weighted by Crippen LogP contribution is -2.25. The van der Waals surface area contributed by atoms with Crippen molar-refractivity contribution in [1.29, 1.82) is 0 Å². The van der Waals surface area contributed by atoms with Crippen LogP contribution in [0.25, 0.3) is 0 Å². The molecule has 88 valence electrons. The van der Waals surface area contributed by atoms with E-state index in [9.17, 15) is 0 Å². The van der Waals surface area contributed by atoms with Crippen LogP contribution in [0.1, 0.15) is 28.2 Å². The summed E-state index contributed by atoms with van der Waals surface area (Å²) in [6.07, 6.45) is 4.70. The molecule has 0 aliphatic heterocycles. The van der Waals surface area contributed by atoms with Gasteiger partial charge in [0.25, 0.3) is 0 Å². The largest absolute Gasteiger partial charge is 0.326 e. The molecule has 0 unspecified atom stereocenters. The predicted molar refractivity (Wildman–Crippen MR) is 70.6 cm³/mol. The Bertz CT molecular complexity index is 366. The van der Waals surface area contributed by atoms with Crippen LogP contribution in [-0.4, -0.2) is 17.5 Å². The molecule has 0 aromatic carbocycles. The van der Waals surface area contributed by atoms with Crippen LogP contribution in [0.5, 0.6) is 0 Å². The van der Waals surface area contributed by atoms with Gasteiger partial charge in [-0.25, -0.2) is 0 Å². The summed E-state index contributed by atoms with van der Waals surface area (Å²) in [6.45, 7) is 8.75. The second kappa shape index (κ2) is 5.13. The van der Waals surface area contributed by atoms with Crippen LogP contribution in [0.15, 0.2) is 18.7 Å². The van der Waals surface area contributed by atoms with Crippen LogP contribution >= 0.6 is 11.3 Å². The molecule has 1 saturated carbocycles. The first-order valence-electron chi connectivity index (χ1n) is 5.87. The van der Waals surface area contributed by atoms with Crippen LogP contribution in [-0.2, 0) is 13.1 Å². The fourth-order valence-electron chi connectivity index (χ4n) is 2.01. The smallest absolute Gasteiger partial charge is 0.0274 e. The van der Waals surface area contributed by atoms with Gasteiger partial charge in [-0.05, 0) is 31.4 Å². The summed E-state index contributed by atoms with van der Waals surface area (Å²) in [6, 6.07) is 3.05. The van der Waals surface area contributed by atoms with E-state index in [1.54, 1.807) is 0 Å². The lowest BCUT2D eigenvalue weighted by molar-refractivity contribution is 0.283. The van der Waals surface area contributed by atoms with Crippen molar-refractivity contribution in [2.75, 3.05) is 6.54 Å². The average Bonchev–Trinajstić information content (AvgIpc) is 3.05. The van der Waals surface area contributed by atoms with E-state index in [-0.39, 0.29) is 0 Å². The first-order valence-corrected chi connectivity index (χ1v) is 6.69. The SMILES string of the molecule is C=CCN(Cc1cc(CN)sc1C)C1CC1. The van der Waals surface area contributed by atoms with Gasteiger partial charge in [0.15, 0.2) is 0 Å². The molecule has 0 spiro atoms. The van der Waals surface area contributed by atoms with Crippen molar-refractivity contribution >= 4 is 11.3 Å². The van der Waals surface area contributed by atoms with Crippen molar-refractivity contribution in [2.24, 2.45) is 5.73 Å². The number of nitrogens with zero attached hydrogens (tertiary/aromatic N) is 1. The second-order valence-corrected chi connectivity index (χ2v) is 5.79. The Morgan fingerprint density at radius 3 is 2.88 bits per heavy atom. The third-order valence-electron chi connectivity index (χ3n) is 3.07. The average molecular weight is 236 g/mol. The molecule has 0 radical (unpaired) electrons. The van der Waals surface area contributed by atoms with Crippen LogP contribution in [0.3, 0.4) is 0 Å². The van der Waals surface area contributed by atoms with Crippen molar-refractivity contribution in [2.45, 2.75) is 38.9 Å². The Morgan fingerprint density at radius 1 is 1.62 bits per heavy atom. The number of rotatable bonds is 6. The quantitative estimate of drug-likeness (QED) is 0.769. The second-order valence-electron chi connectivity index (χ2n) is 4.45. The summed E-state index contributed by atoms with van der Waals surface area (Å²) < 4.78 is 0. The van der Waals surface area contributed by atoms with Gasteiger partial charge in [-0.3, -0.25) is 4.90 Å². The highest BCUT2D eigenvalue weighted by Gasteiger charge is 2.28. The monoisotopic (exact) mass is 236 g/mol. The molecule has 1 heterocycles. The number of thiophene rings is 1. The van der Waals surface area contributed by atoms with Crippen LogP contribution in [0, 0.1) is 6.92 Å². The van der Waals surface area contributed by atoms with Gasteiger partial charge in [0.1, 0.15) is 0 Å². The third kappa shape index (κ3) is 2.73. The van der Waals surface area contributed by atoms with Gasteiger partial charge in [-0.1, -0.05) is 6.08 Å². The Morgan fingerprint density at radius 2 is 2.38 bits per heavy atom. The molecule has 0 amide bonds. The van der Waals surface area contributed by atoms with Gasteiger partial charge in [0, 0.05) is 35.4 Å². The van der Waals surface area contributed by atoms with Gasteiger partial charge < -0.3 is 5.73 Å². The first kappa shape index (κ1) is 11.8. The molecule has 0 atom stereocenters. The molecular formula is C13H20N2S. The van der Waals surface area contributed by atoms with Gasteiger partial charge in [-0.2, -0.15) is 0 Å². The molecule has 1 fully saturated rings. The summed E-state index contributed by atoms with van der Waals surface area (Å²) in [5, 5.41) is 0. The van der Waals surface area contributed by atoms with Gasteiger partial charge in [0.2, 0.25) is 0 Å². The molecule has 1 aliphatic rings. The zero-order valence-electron chi connectivity index (χ0n) is 9.91. The predicted octanol–water partition coefficient (Wildman–Crippen LogP) is 2.67. The summed E-state index contributed by atoms with van der Waals surface area (Å²) >= 11 is 1.83. The molecule has 3 heteroatoms. The van der Waals surface area contributed by atoms with Gasteiger partial charge >= 0.3 is 0 Å². The minimum atomic E-state index is 0.663. The molecule has 2 rings (SSSR count). The Balaban J connectivity index is 2.04. The van der Waals surface area contributed by atoms with Crippen molar-refractivity contribution in [3.63, 3.8) is 0 Å². The van der Waals surface area contributed by atoms with Crippen molar-refractivity contribution in [3.05, 3.63) is 34.0 Å². The highest BCUT2D eigenvalue weighted by atomic mass is 32.1. The highest BCUT2D eigenvalue weighted by molar-refractivity contribution is 7.12. The molecule has 1 aliphatic carbocycles. The maximum absolute atomic E-state index is 5.67. The minimum absolute atomic E-state index is 0.663. The fourth-order valence-corrected chi connectivity index (χ4v) is 2.94. The van der Waals surface area contributed by atoms with Crippen molar-refractivity contribution in [1.82, 2.24) is 4.90 Å². The molecule has 2 N–H and O–H groups in total. The number of hydrogen-bond acceptors (Lipinski definition) is 3. The normalized spacial score (nSPS) is 15.7. The summed E-state index contributed by atoms with van der Waals surface area (Å²) in [5.74, 6) is 0. The van der Waals surface area contributed by atoms with E-state index in [2.05, 4.69) is 24.5 Å². The Labute approximate surface area is 102 Å².